The minimum atomic E-state index is 0.0660. The van der Waals surface area contributed by atoms with Crippen LogP contribution in [0.4, 0.5) is 0 Å². The van der Waals surface area contributed by atoms with E-state index in [1.165, 1.54) is 11.3 Å². The van der Waals surface area contributed by atoms with Gasteiger partial charge in [0.1, 0.15) is 10.7 Å². The van der Waals surface area contributed by atoms with Crippen molar-refractivity contribution >= 4 is 23.0 Å². The number of piperidine rings is 1. The molecule has 1 amide bonds. The van der Waals surface area contributed by atoms with Crippen LogP contribution in [0.25, 0.3) is 0 Å². The summed E-state index contributed by atoms with van der Waals surface area (Å²) in [5, 5.41) is 0. The first-order valence-electron chi connectivity index (χ1n) is 7.92. The van der Waals surface area contributed by atoms with Gasteiger partial charge in [0.15, 0.2) is 0 Å². The molecule has 0 spiro atoms. The minimum Gasteiger partial charge on any atom is -0.334 e. The maximum absolute atomic E-state index is 12.8. The van der Waals surface area contributed by atoms with Crippen LogP contribution >= 0.6 is 11.3 Å². The van der Waals surface area contributed by atoms with Gasteiger partial charge in [-0.25, -0.2) is 4.98 Å². The van der Waals surface area contributed by atoms with E-state index in [1.54, 1.807) is 5.51 Å². The summed E-state index contributed by atoms with van der Waals surface area (Å²) in [6.07, 6.45) is 6.93. The second kappa shape index (κ2) is 6.26. The summed E-state index contributed by atoms with van der Waals surface area (Å²) in [5.41, 5.74) is 2.54. The molecule has 0 aromatic carbocycles. The topological polar surface area (TPSA) is 50.3 Å². The van der Waals surface area contributed by atoms with Crippen molar-refractivity contribution in [3.05, 3.63) is 16.1 Å². The highest BCUT2D eigenvalue weighted by atomic mass is 32.1. The molecule has 1 aromatic heterocycles. The molecule has 2 fully saturated rings. The SMILES string of the molecule is Cc1ncsc1C(=O)N1CCCCC1C1CCCCC1=O. The van der Waals surface area contributed by atoms with E-state index in [9.17, 15) is 9.59 Å². The molecule has 1 aliphatic carbocycles. The fourth-order valence-corrected chi connectivity index (χ4v) is 4.44. The lowest BCUT2D eigenvalue weighted by Gasteiger charge is -2.41. The number of Topliss-reactive ketones (excluding diaryl/α,β-unsaturated/α-hetero) is 1. The molecule has 3 rings (SSSR count). The lowest BCUT2D eigenvalue weighted by Crippen LogP contribution is -2.50. The fraction of sp³-hybridized carbons (Fsp3) is 0.688. The third-order valence-electron chi connectivity index (χ3n) is 4.82. The van der Waals surface area contributed by atoms with E-state index < -0.39 is 0 Å². The molecule has 1 saturated heterocycles. The Morgan fingerprint density at radius 2 is 2.10 bits per heavy atom. The number of hydrogen-bond acceptors (Lipinski definition) is 4. The van der Waals surface area contributed by atoms with Gasteiger partial charge in [-0.15, -0.1) is 11.3 Å². The number of aryl methyl sites for hydroxylation is 1. The molecule has 1 aliphatic heterocycles. The van der Waals surface area contributed by atoms with Crippen LogP contribution in [-0.4, -0.2) is 34.2 Å². The predicted octanol–water partition coefficient (Wildman–Crippen LogP) is 3.21. The van der Waals surface area contributed by atoms with Gasteiger partial charge in [-0.05, 0) is 39.0 Å². The van der Waals surface area contributed by atoms with Crippen LogP contribution < -0.4 is 0 Å². The number of carbonyl (C=O) groups is 2. The van der Waals surface area contributed by atoms with Gasteiger partial charge in [-0.1, -0.05) is 6.42 Å². The summed E-state index contributed by atoms with van der Waals surface area (Å²) in [7, 11) is 0. The number of rotatable bonds is 2. The zero-order valence-electron chi connectivity index (χ0n) is 12.5. The van der Waals surface area contributed by atoms with Gasteiger partial charge in [0, 0.05) is 24.9 Å². The van der Waals surface area contributed by atoms with Crippen LogP contribution in [0.15, 0.2) is 5.51 Å². The number of likely N-dealkylation sites (tertiary alicyclic amines) is 1. The normalized spacial score (nSPS) is 26.9. The Balaban J connectivity index is 1.82. The second-order valence-electron chi connectivity index (χ2n) is 6.15. The highest BCUT2D eigenvalue weighted by Crippen LogP contribution is 2.33. The maximum atomic E-state index is 12.8. The predicted molar refractivity (Wildman–Crippen MR) is 82.5 cm³/mol. The molecular formula is C16H22N2O2S. The molecule has 5 heteroatoms. The summed E-state index contributed by atoms with van der Waals surface area (Å²) >= 11 is 1.41. The molecule has 1 aromatic rings. The lowest BCUT2D eigenvalue weighted by molar-refractivity contribution is -0.127. The Morgan fingerprint density at radius 3 is 2.81 bits per heavy atom. The molecule has 0 radical (unpaired) electrons. The van der Waals surface area contributed by atoms with E-state index in [1.807, 2.05) is 11.8 Å². The standard InChI is InChI=1S/C16H22N2O2S/c1-11-15(21-10-17-11)16(20)18-9-5-4-7-13(18)12-6-2-3-8-14(12)19/h10,12-13H,2-9H2,1H3. The number of amides is 1. The molecule has 21 heavy (non-hydrogen) atoms. The first-order chi connectivity index (χ1) is 10.2. The van der Waals surface area contributed by atoms with E-state index in [4.69, 9.17) is 0 Å². The summed E-state index contributed by atoms with van der Waals surface area (Å²) in [4.78, 5) is 32.0. The van der Waals surface area contributed by atoms with Gasteiger partial charge >= 0.3 is 0 Å². The minimum absolute atomic E-state index is 0.0660. The van der Waals surface area contributed by atoms with Gasteiger partial charge in [-0.3, -0.25) is 9.59 Å². The third-order valence-corrected chi connectivity index (χ3v) is 5.73. The number of thiazole rings is 1. The summed E-state index contributed by atoms with van der Waals surface area (Å²) in [6.45, 7) is 2.67. The quantitative estimate of drug-likeness (QED) is 0.843. The second-order valence-corrected chi connectivity index (χ2v) is 7.00. The molecule has 2 aliphatic rings. The number of hydrogen-bond donors (Lipinski definition) is 0. The summed E-state index contributed by atoms with van der Waals surface area (Å²) < 4.78 is 0. The number of carbonyl (C=O) groups excluding carboxylic acids is 2. The van der Waals surface area contributed by atoms with Crippen molar-refractivity contribution in [3.8, 4) is 0 Å². The van der Waals surface area contributed by atoms with Crippen LogP contribution in [-0.2, 0) is 4.79 Å². The molecule has 4 nitrogen and oxygen atoms in total. The first-order valence-corrected chi connectivity index (χ1v) is 8.80. The Labute approximate surface area is 129 Å². The molecular weight excluding hydrogens is 284 g/mol. The highest BCUT2D eigenvalue weighted by molar-refractivity contribution is 7.11. The van der Waals surface area contributed by atoms with Crippen LogP contribution in [0.3, 0.4) is 0 Å². The van der Waals surface area contributed by atoms with Crippen LogP contribution in [0, 0.1) is 12.8 Å². The van der Waals surface area contributed by atoms with Gasteiger partial charge in [-0.2, -0.15) is 0 Å². The van der Waals surface area contributed by atoms with Crippen molar-refractivity contribution in [2.75, 3.05) is 6.54 Å². The zero-order valence-corrected chi connectivity index (χ0v) is 13.3. The average molecular weight is 306 g/mol. The van der Waals surface area contributed by atoms with Crippen molar-refractivity contribution in [2.24, 2.45) is 5.92 Å². The van der Waals surface area contributed by atoms with Crippen molar-refractivity contribution < 1.29 is 9.59 Å². The molecule has 114 valence electrons. The fourth-order valence-electron chi connectivity index (χ4n) is 3.68. The average Bonchev–Trinajstić information content (AvgIpc) is 2.93. The molecule has 2 unspecified atom stereocenters. The molecule has 0 N–H and O–H groups in total. The molecule has 1 saturated carbocycles. The maximum Gasteiger partial charge on any atom is 0.266 e. The molecule has 2 atom stereocenters. The monoisotopic (exact) mass is 306 g/mol. The lowest BCUT2D eigenvalue weighted by atomic mass is 9.79. The van der Waals surface area contributed by atoms with Crippen molar-refractivity contribution in [1.29, 1.82) is 0 Å². The summed E-state index contributed by atoms with van der Waals surface area (Å²) in [5.74, 6) is 0.515. The van der Waals surface area contributed by atoms with E-state index in [2.05, 4.69) is 4.98 Å². The zero-order chi connectivity index (χ0) is 14.8. The molecule has 2 heterocycles. The Hall–Kier alpha value is -1.23. The number of nitrogens with zero attached hydrogens (tertiary/aromatic N) is 2. The Morgan fingerprint density at radius 1 is 1.29 bits per heavy atom. The Kier molecular flexibility index (Phi) is 4.38. The number of ketones is 1. The van der Waals surface area contributed by atoms with Crippen LogP contribution in [0.5, 0.6) is 0 Å². The molecule has 0 bridgehead atoms. The smallest absolute Gasteiger partial charge is 0.266 e. The van der Waals surface area contributed by atoms with E-state index in [0.29, 0.717) is 12.2 Å². The van der Waals surface area contributed by atoms with Crippen LogP contribution in [0.1, 0.15) is 60.3 Å². The largest absolute Gasteiger partial charge is 0.334 e. The van der Waals surface area contributed by atoms with Gasteiger partial charge in [0.05, 0.1) is 11.2 Å². The first kappa shape index (κ1) is 14.7. The van der Waals surface area contributed by atoms with Gasteiger partial charge < -0.3 is 4.90 Å². The van der Waals surface area contributed by atoms with E-state index in [0.717, 1.165) is 55.6 Å². The van der Waals surface area contributed by atoms with Crippen molar-refractivity contribution in [3.63, 3.8) is 0 Å². The van der Waals surface area contributed by atoms with Gasteiger partial charge in [0.25, 0.3) is 5.91 Å². The van der Waals surface area contributed by atoms with E-state index >= 15 is 0 Å². The van der Waals surface area contributed by atoms with Crippen molar-refractivity contribution in [1.82, 2.24) is 9.88 Å². The Bertz CT molecular complexity index is 540. The van der Waals surface area contributed by atoms with E-state index in [-0.39, 0.29) is 17.9 Å². The van der Waals surface area contributed by atoms with Crippen molar-refractivity contribution in [2.45, 2.75) is 57.9 Å². The highest BCUT2D eigenvalue weighted by Gasteiger charge is 2.38. The van der Waals surface area contributed by atoms with Crippen LogP contribution in [0.2, 0.25) is 0 Å². The van der Waals surface area contributed by atoms with Gasteiger partial charge in [0.2, 0.25) is 0 Å². The number of aromatic nitrogens is 1. The summed E-state index contributed by atoms with van der Waals surface area (Å²) in [6, 6.07) is 0.112. The third kappa shape index (κ3) is 2.89.